The van der Waals surface area contributed by atoms with Gasteiger partial charge in [0.25, 0.3) is 5.56 Å². The predicted molar refractivity (Wildman–Crippen MR) is 77.4 cm³/mol. The molecule has 0 bridgehead atoms. The van der Waals surface area contributed by atoms with Gasteiger partial charge in [-0.1, -0.05) is 0 Å². The molecule has 1 aromatic heterocycles. The lowest BCUT2D eigenvalue weighted by atomic mass is 9.99. The summed E-state index contributed by atoms with van der Waals surface area (Å²) in [7, 11) is 1.69. The van der Waals surface area contributed by atoms with E-state index in [-0.39, 0.29) is 11.5 Å². The molecular formula is C14H14BrFN2O2. The van der Waals surface area contributed by atoms with Gasteiger partial charge >= 0.3 is 0 Å². The van der Waals surface area contributed by atoms with Crippen LogP contribution < -0.4 is 5.56 Å². The van der Waals surface area contributed by atoms with Crippen molar-refractivity contribution < 1.29 is 9.13 Å². The van der Waals surface area contributed by atoms with Gasteiger partial charge in [0, 0.05) is 30.7 Å². The van der Waals surface area contributed by atoms with E-state index in [0.717, 1.165) is 18.7 Å². The van der Waals surface area contributed by atoms with E-state index in [2.05, 4.69) is 20.9 Å². The summed E-state index contributed by atoms with van der Waals surface area (Å²) in [5.41, 5.74) is 0.313. The summed E-state index contributed by atoms with van der Waals surface area (Å²) in [6.45, 7) is 1.37. The normalized spacial score (nSPS) is 16.8. The highest BCUT2D eigenvalue weighted by Gasteiger charge is 2.22. The zero-order valence-corrected chi connectivity index (χ0v) is 12.6. The van der Waals surface area contributed by atoms with Crippen molar-refractivity contribution in [1.82, 2.24) is 9.55 Å². The van der Waals surface area contributed by atoms with Gasteiger partial charge in [-0.15, -0.1) is 0 Å². The number of hydrogen-bond acceptors (Lipinski definition) is 3. The molecule has 1 aliphatic heterocycles. The maximum atomic E-state index is 13.4. The van der Waals surface area contributed by atoms with Crippen LogP contribution >= 0.6 is 15.9 Å². The molecule has 0 amide bonds. The van der Waals surface area contributed by atoms with Crippen LogP contribution in [0, 0.1) is 5.82 Å². The van der Waals surface area contributed by atoms with Crippen LogP contribution in [-0.4, -0.2) is 22.8 Å². The second-order valence-electron chi connectivity index (χ2n) is 5.00. The van der Waals surface area contributed by atoms with Gasteiger partial charge in [0.2, 0.25) is 0 Å². The molecule has 0 N–H and O–H groups in total. The molecule has 1 saturated heterocycles. The highest BCUT2D eigenvalue weighted by Crippen LogP contribution is 2.28. The molecule has 2 heterocycles. The van der Waals surface area contributed by atoms with Gasteiger partial charge in [0.05, 0.1) is 10.9 Å². The molecule has 0 unspecified atom stereocenters. The van der Waals surface area contributed by atoms with Crippen LogP contribution in [0.25, 0.3) is 10.9 Å². The predicted octanol–water partition coefficient (Wildman–Crippen LogP) is 2.73. The first-order chi connectivity index (χ1) is 9.58. The van der Waals surface area contributed by atoms with Crippen LogP contribution in [0.1, 0.15) is 24.6 Å². The topological polar surface area (TPSA) is 44.1 Å². The smallest absolute Gasteiger partial charge is 0.261 e. The first-order valence-electron chi connectivity index (χ1n) is 6.51. The number of rotatable bonds is 1. The van der Waals surface area contributed by atoms with E-state index >= 15 is 0 Å². The quantitative estimate of drug-likeness (QED) is 0.801. The molecule has 0 atom stereocenters. The third-order valence-electron chi connectivity index (χ3n) is 3.72. The van der Waals surface area contributed by atoms with Gasteiger partial charge < -0.3 is 4.74 Å². The van der Waals surface area contributed by atoms with Crippen molar-refractivity contribution in [2.45, 2.75) is 18.8 Å². The van der Waals surface area contributed by atoms with Crippen molar-refractivity contribution in [3.63, 3.8) is 0 Å². The van der Waals surface area contributed by atoms with Crippen LogP contribution in [0.4, 0.5) is 4.39 Å². The molecule has 0 spiro atoms. The Balaban J connectivity index is 2.24. The zero-order chi connectivity index (χ0) is 14.3. The zero-order valence-electron chi connectivity index (χ0n) is 11.0. The largest absolute Gasteiger partial charge is 0.381 e. The molecule has 1 fully saturated rings. The first kappa shape index (κ1) is 13.7. The Bertz CT molecular complexity index is 723. The van der Waals surface area contributed by atoms with Gasteiger partial charge in [-0.25, -0.2) is 9.37 Å². The maximum absolute atomic E-state index is 13.4. The van der Waals surface area contributed by atoms with Crippen molar-refractivity contribution in [3.8, 4) is 0 Å². The number of ether oxygens (including phenoxy) is 1. The average Bonchev–Trinajstić information content (AvgIpc) is 2.44. The average molecular weight is 341 g/mol. The van der Waals surface area contributed by atoms with Crippen molar-refractivity contribution in [3.05, 3.63) is 38.6 Å². The number of aromatic nitrogens is 2. The van der Waals surface area contributed by atoms with Gasteiger partial charge in [-0.2, -0.15) is 0 Å². The first-order valence-corrected chi connectivity index (χ1v) is 7.30. The number of hydrogen-bond donors (Lipinski definition) is 0. The van der Waals surface area contributed by atoms with Crippen LogP contribution in [-0.2, 0) is 11.8 Å². The van der Waals surface area contributed by atoms with E-state index in [1.165, 1.54) is 16.7 Å². The van der Waals surface area contributed by atoms with Crippen LogP contribution in [0.15, 0.2) is 21.4 Å². The Kier molecular flexibility index (Phi) is 3.60. The molecule has 6 heteroatoms. The molecule has 0 radical (unpaired) electrons. The maximum Gasteiger partial charge on any atom is 0.261 e. The number of fused-ring (bicyclic) bond motifs is 1. The molecule has 0 aliphatic carbocycles. The number of halogens is 2. The second kappa shape index (κ2) is 5.26. The minimum atomic E-state index is -0.443. The van der Waals surface area contributed by atoms with Crippen LogP contribution in [0.3, 0.4) is 0 Å². The summed E-state index contributed by atoms with van der Waals surface area (Å²) in [4.78, 5) is 17.0. The lowest BCUT2D eigenvalue weighted by Crippen LogP contribution is -2.27. The fourth-order valence-corrected chi connectivity index (χ4v) is 3.16. The molecule has 2 aromatic rings. The van der Waals surface area contributed by atoms with E-state index in [9.17, 15) is 9.18 Å². The van der Waals surface area contributed by atoms with Crippen molar-refractivity contribution >= 4 is 26.8 Å². The molecule has 4 nitrogen and oxygen atoms in total. The fraction of sp³-hybridized carbons (Fsp3) is 0.429. The monoisotopic (exact) mass is 340 g/mol. The Hall–Kier alpha value is -1.27. The van der Waals surface area contributed by atoms with Gasteiger partial charge in [0.1, 0.15) is 11.6 Å². The Morgan fingerprint density at radius 1 is 1.40 bits per heavy atom. The summed E-state index contributed by atoms with van der Waals surface area (Å²) in [6, 6.07) is 2.58. The van der Waals surface area contributed by atoms with E-state index in [1.807, 2.05) is 0 Å². The Morgan fingerprint density at radius 3 is 2.80 bits per heavy atom. The number of benzene rings is 1. The van der Waals surface area contributed by atoms with E-state index in [4.69, 9.17) is 4.74 Å². The fourth-order valence-electron chi connectivity index (χ4n) is 2.64. The third-order valence-corrected chi connectivity index (χ3v) is 4.32. The lowest BCUT2D eigenvalue weighted by molar-refractivity contribution is 0.0828. The van der Waals surface area contributed by atoms with Gasteiger partial charge in [-0.3, -0.25) is 9.36 Å². The van der Waals surface area contributed by atoms with Crippen molar-refractivity contribution in [2.75, 3.05) is 13.2 Å². The molecule has 3 rings (SSSR count). The highest BCUT2D eigenvalue weighted by atomic mass is 79.9. The van der Waals surface area contributed by atoms with E-state index in [0.29, 0.717) is 28.6 Å². The van der Waals surface area contributed by atoms with Crippen molar-refractivity contribution in [2.24, 2.45) is 7.05 Å². The standard InChI is InChI=1S/C14H14BrFN2O2/c1-18-13(8-2-4-20-5-3-8)17-12-10(14(18)19)6-9(16)7-11(12)15/h6-8H,2-5H2,1H3. The molecule has 0 saturated carbocycles. The minimum absolute atomic E-state index is 0.211. The Morgan fingerprint density at radius 2 is 2.10 bits per heavy atom. The highest BCUT2D eigenvalue weighted by molar-refractivity contribution is 9.10. The molecule has 1 aliphatic rings. The molecule has 106 valence electrons. The lowest BCUT2D eigenvalue weighted by Gasteiger charge is -2.23. The summed E-state index contributed by atoms with van der Waals surface area (Å²) in [5.74, 6) is 0.517. The summed E-state index contributed by atoms with van der Waals surface area (Å²) >= 11 is 3.29. The van der Waals surface area contributed by atoms with E-state index in [1.54, 1.807) is 7.05 Å². The summed E-state index contributed by atoms with van der Waals surface area (Å²) in [6.07, 6.45) is 1.70. The molecular weight excluding hydrogens is 327 g/mol. The molecule has 20 heavy (non-hydrogen) atoms. The number of nitrogens with zero attached hydrogens (tertiary/aromatic N) is 2. The minimum Gasteiger partial charge on any atom is -0.381 e. The molecule has 1 aromatic carbocycles. The van der Waals surface area contributed by atoms with E-state index < -0.39 is 5.82 Å². The summed E-state index contributed by atoms with van der Waals surface area (Å²) in [5, 5.41) is 0.301. The summed E-state index contributed by atoms with van der Waals surface area (Å²) < 4.78 is 20.8. The Labute approximate surface area is 123 Å². The van der Waals surface area contributed by atoms with Gasteiger partial charge in [-0.05, 0) is 40.9 Å². The van der Waals surface area contributed by atoms with Crippen LogP contribution in [0.5, 0.6) is 0 Å². The van der Waals surface area contributed by atoms with Crippen molar-refractivity contribution in [1.29, 1.82) is 0 Å². The third kappa shape index (κ3) is 2.27. The van der Waals surface area contributed by atoms with Crippen LogP contribution in [0.2, 0.25) is 0 Å². The SMILES string of the molecule is Cn1c(C2CCOCC2)nc2c(Br)cc(F)cc2c1=O. The second-order valence-corrected chi connectivity index (χ2v) is 5.86. The van der Waals surface area contributed by atoms with Gasteiger partial charge in [0.15, 0.2) is 0 Å².